The van der Waals surface area contributed by atoms with Gasteiger partial charge in [0.25, 0.3) is 0 Å². The number of hydrogen-bond acceptors (Lipinski definition) is 3. The largest absolute Gasteiger partial charge is 0.311 e. The van der Waals surface area contributed by atoms with Crippen LogP contribution in [0.5, 0.6) is 0 Å². The van der Waals surface area contributed by atoms with E-state index < -0.39 is 0 Å². The van der Waals surface area contributed by atoms with Crippen molar-refractivity contribution in [3.63, 3.8) is 0 Å². The first-order valence-electron chi connectivity index (χ1n) is 8.56. The quantitative estimate of drug-likeness (QED) is 0.860. The summed E-state index contributed by atoms with van der Waals surface area (Å²) < 4.78 is 0. The SMILES string of the molecule is CC(C)[NH2+]C1=C(CN2CCCCC2)C(=O)C(=O)c2ccccc21. The maximum absolute atomic E-state index is 12.7. The van der Waals surface area contributed by atoms with Crippen LogP contribution in [0.1, 0.15) is 49.0 Å². The number of nitrogens with zero attached hydrogens (tertiary/aromatic N) is 1. The van der Waals surface area contributed by atoms with E-state index >= 15 is 0 Å². The molecular formula is C19H25N2O2+. The summed E-state index contributed by atoms with van der Waals surface area (Å²) in [5, 5.41) is 2.13. The second kappa shape index (κ2) is 6.77. The number of ketones is 2. The third kappa shape index (κ3) is 3.28. The standard InChI is InChI=1S/C19H24N2O2/c1-13(2)20-17-14-8-4-5-9-15(14)18(22)19(23)16(17)12-21-10-6-3-7-11-21/h4-5,8-9,13,20H,3,6-7,10-12H2,1-2H3/p+1. The molecule has 4 heteroatoms. The lowest BCUT2D eigenvalue weighted by atomic mass is 9.86. The summed E-state index contributed by atoms with van der Waals surface area (Å²) >= 11 is 0. The zero-order valence-corrected chi connectivity index (χ0v) is 14.0. The third-order valence-corrected chi connectivity index (χ3v) is 4.60. The van der Waals surface area contributed by atoms with E-state index in [2.05, 4.69) is 24.1 Å². The Kier molecular flexibility index (Phi) is 4.74. The number of hydrogen-bond donors (Lipinski definition) is 1. The molecule has 2 N–H and O–H groups in total. The van der Waals surface area contributed by atoms with Crippen molar-refractivity contribution in [1.82, 2.24) is 4.90 Å². The van der Waals surface area contributed by atoms with Crippen molar-refractivity contribution in [2.75, 3.05) is 19.6 Å². The van der Waals surface area contributed by atoms with Gasteiger partial charge < -0.3 is 5.32 Å². The van der Waals surface area contributed by atoms with Gasteiger partial charge in [-0.25, -0.2) is 0 Å². The Labute approximate surface area is 137 Å². The van der Waals surface area contributed by atoms with Crippen LogP contribution in [0.15, 0.2) is 29.8 Å². The van der Waals surface area contributed by atoms with Gasteiger partial charge >= 0.3 is 0 Å². The Balaban J connectivity index is 2.03. The summed E-state index contributed by atoms with van der Waals surface area (Å²) in [6, 6.07) is 7.82. The number of carbonyl (C=O) groups is 2. The van der Waals surface area contributed by atoms with E-state index in [-0.39, 0.29) is 11.6 Å². The molecule has 0 aromatic heterocycles. The maximum atomic E-state index is 12.7. The molecule has 0 saturated carbocycles. The number of quaternary nitrogens is 1. The van der Waals surface area contributed by atoms with E-state index in [4.69, 9.17) is 0 Å². The van der Waals surface area contributed by atoms with Crippen LogP contribution in [0, 0.1) is 0 Å². The predicted molar refractivity (Wildman–Crippen MR) is 90.1 cm³/mol. The number of carbonyl (C=O) groups excluding carboxylic acids is 2. The van der Waals surface area contributed by atoms with Gasteiger partial charge in [-0.05, 0) is 45.8 Å². The highest BCUT2D eigenvalue weighted by Crippen LogP contribution is 2.26. The Bertz CT molecular complexity index is 655. The number of nitrogens with two attached hydrogens (primary N) is 1. The predicted octanol–water partition coefficient (Wildman–Crippen LogP) is 1.62. The molecule has 0 bridgehead atoms. The smallest absolute Gasteiger partial charge is 0.236 e. The Hall–Kier alpha value is -1.78. The number of benzene rings is 1. The van der Waals surface area contributed by atoms with Crippen molar-refractivity contribution in [2.24, 2.45) is 0 Å². The molecule has 3 rings (SSSR count). The lowest BCUT2D eigenvalue weighted by molar-refractivity contribution is -0.595. The minimum atomic E-state index is -0.353. The second-order valence-electron chi connectivity index (χ2n) is 6.84. The molecule has 1 aliphatic carbocycles. The highest BCUT2D eigenvalue weighted by molar-refractivity contribution is 6.52. The summed E-state index contributed by atoms with van der Waals surface area (Å²) in [7, 11) is 0. The fourth-order valence-corrected chi connectivity index (χ4v) is 3.48. The average Bonchev–Trinajstić information content (AvgIpc) is 2.56. The van der Waals surface area contributed by atoms with Crippen LogP contribution in [0.3, 0.4) is 0 Å². The Morgan fingerprint density at radius 1 is 1.00 bits per heavy atom. The van der Waals surface area contributed by atoms with Crippen molar-refractivity contribution >= 4 is 17.3 Å². The molecule has 1 aromatic carbocycles. The first kappa shape index (κ1) is 16.1. The topological polar surface area (TPSA) is 54.0 Å². The average molecular weight is 313 g/mol. The molecule has 0 spiro atoms. The summed E-state index contributed by atoms with van der Waals surface area (Å²) in [5.74, 6) is -0.672. The Morgan fingerprint density at radius 2 is 1.65 bits per heavy atom. The summed E-state index contributed by atoms with van der Waals surface area (Å²) in [6.07, 6.45) is 3.61. The normalized spacial score (nSPS) is 19.4. The minimum Gasteiger partial charge on any atom is -0.311 e. The highest BCUT2D eigenvalue weighted by Gasteiger charge is 2.36. The van der Waals surface area contributed by atoms with E-state index in [0.29, 0.717) is 23.7 Å². The summed E-state index contributed by atoms with van der Waals surface area (Å²) in [5.41, 5.74) is 3.11. The number of piperidine rings is 1. The van der Waals surface area contributed by atoms with Crippen LogP contribution in [-0.4, -0.2) is 42.1 Å². The molecule has 1 aliphatic heterocycles. The number of rotatable bonds is 4. The van der Waals surface area contributed by atoms with Crippen LogP contribution in [0.2, 0.25) is 0 Å². The molecule has 122 valence electrons. The van der Waals surface area contributed by atoms with E-state index in [0.717, 1.165) is 24.4 Å². The number of Topliss-reactive ketones (excluding diaryl/α,β-unsaturated/α-hetero) is 2. The molecule has 0 unspecified atom stereocenters. The zero-order valence-electron chi connectivity index (χ0n) is 14.0. The highest BCUT2D eigenvalue weighted by atomic mass is 16.2. The molecule has 1 heterocycles. The first-order valence-corrected chi connectivity index (χ1v) is 8.56. The molecule has 0 radical (unpaired) electrons. The Morgan fingerprint density at radius 3 is 2.30 bits per heavy atom. The second-order valence-corrected chi connectivity index (χ2v) is 6.84. The molecule has 1 aromatic rings. The molecule has 2 aliphatic rings. The lowest BCUT2D eigenvalue weighted by Crippen LogP contribution is -2.86. The van der Waals surface area contributed by atoms with Gasteiger partial charge in [-0.2, -0.15) is 0 Å². The van der Waals surface area contributed by atoms with Crippen LogP contribution in [0.25, 0.3) is 5.70 Å². The molecule has 1 saturated heterocycles. The summed E-state index contributed by atoms with van der Waals surface area (Å²) in [4.78, 5) is 27.5. The molecule has 23 heavy (non-hydrogen) atoms. The monoisotopic (exact) mass is 313 g/mol. The fourth-order valence-electron chi connectivity index (χ4n) is 3.48. The van der Waals surface area contributed by atoms with E-state index in [1.165, 1.54) is 19.3 Å². The van der Waals surface area contributed by atoms with Gasteiger partial charge in [-0.1, -0.05) is 24.6 Å². The van der Waals surface area contributed by atoms with Crippen LogP contribution >= 0.6 is 0 Å². The van der Waals surface area contributed by atoms with Crippen molar-refractivity contribution < 1.29 is 14.9 Å². The third-order valence-electron chi connectivity index (χ3n) is 4.60. The van der Waals surface area contributed by atoms with Crippen molar-refractivity contribution in [1.29, 1.82) is 0 Å². The maximum Gasteiger partial charge on any atom is 0.236 e. The van der Waals surface area contributed by atoms with Gasteiger partial charge in [-0.3, -0.25) is 14.5 Å². The van der Waals surface area contributed by atoms with E-state index in [1.807, 2.05) is 18.2 Å². The van der Waals surface area contributed by atoms with Crippen molar-refractivity contribution in [2.45, 2.75) is 39.2 Å². The molecule has 4 nitrogen and oxygen atoms in total. The van der Waals surface area contributed by atoms with E-state index in [9.17, 15) is 9.59 Å². The van der Waals surface area contributed by atoms with Crippen LogP contribution in [-0.2, 0) is 4.79 Å². The van der Waals surface area contributed by atoms with Crippen molar-refractivity contribution in [3.05, 3.63) is 41.0 Å². The minimum absolute atomic E-state index is 0.318. The van der Waals surface area contributed by atoms with Crippen LogP contribution < -0.4 is 5.32 Å². The van der Waals surface area contributed by atoms with Crippen LogP contribution in [0.4, 0.5) is 0 Å². The van der Waals surface area contributed by atoms with Gasteiger partial charge in [0.15, 0.2) is 0 Å². The van der Waals surface area contributed by atoms with Gasteiger partial charge in [0.1, 0.15) is 5.70 Å². The zero-order chi connectivity index (χ0) is 16.4. The summed E-state index contributed by atoms with van der Waals surface area (Å²) in [6.45, 7) is 6.84. The van der Waals surface area contributed by atoms with E-state index in [1.54, 1.807) is 6.07 Å². The molecule has 0 amide bonds. The molecule has 0 atom stereocenters. The fraction of sp³-hybridized carbons (Fsp3) is 0.474. The van der Waals surface area contributed by atoms with Gasteiger partial charge in [0.2, 0.25) is 11.6 Å². The number of fused-ring (bicyclic) bond motifs is 1. The number of likely N-dealkylation sites (tertiary alicyclic amines) is 1. The molecular weight excluding hydrogens is 288 g/mol. The van der Waals surface area contributed by atoms with Gasteiger partial charge in [-0.15, -0.1) is 0 Å². The molecule has 1 fully saturated rings. The lowest BCUT2D eigenvalue weighted by Gasteiger charge is -2.29. The van der Waals surface area contributed by atoms with Crippen molar-refractivity contribution in [3.8, 4) is 0 Å². The van der Waals surface area contributed by atoms with Gasteiger partial charge in [0.05, 0.1) is 11.6 Å². The first-order chi connectivity index (χ1) is 11.1. The van der Waals surface area contributed by atoms with Gasteiger partial charge in [0, 0.05) is 17.7 Å².